The number of nitro groups is 1. The highest BCUT2D eigenvalue weighted by Gasteiger charge is 2.32. The van der Waals surface area contributed by atoms with E-state index in [9.17, 15) is 15.2 Å². The van der Waals surface area contributed by atoms with Gasteiger partial charge >= 0.3 is 0 Å². The van der Waals surface area contributed by atoms with Crippen molar-refractivity contribution in [3.63, 3.8) is 0 Å². The van der Waals surface area contributed by atoms with Crippen LogP contribution in [0.5, 0.6) is 0 Å². The monoisotopic (exact) mass is 312 g/mol. The molecule has 1 aliphatic rings. The fraction of sp³-hybridized carbons (Fsp3) is 0.600. The Morgan fingerprint density at radius 1 is 1.43 bits per heavy atom. The van der Waals surface area contributed by atoms with Crippen molar-refractivity contribution in [1.29, 1.82) is 0 Å². The van der Waals surface area contributed by atoms with Gasteiger partial charge in [-0.3, -0.25) is 15.0 Å². The highest BCUT2D eigenvalue weighted by Crippen LogP contribution is 2.35. The number of hydrogen-bond donors (Lipinski definition) is 1. The van der Waals surface area contributed by atoms with Gasteiger partial charge in [-0.25, -0.2) is 0 Å². The van der Waals surface area contributed by atoms with Crippen molar-refractivity contribution < 1.29 is 10.0 Å². The minimum Gasteiger partial charge on any atom is -0.396 e. The zero-order valence-electron chi connectivity index (χ0n) is 12.2. The van der Waals surface area contributed by atoms with E-state index in [1.165, 1.54) is 0 Å². The molecule has 0 aliphatic carbocycles. The van der Waals surface area contributed by atoms with E-state index in [1.807, 2.05) is 6.07 Å². The van der Waals surface area contributed by atoms with Gasteiger partial charge in [0.15, 0.2) is 0 Å². The predicted octanol–water partition coefficient (Wildman–Crippen LogP) is 3.23. The van der Waals surface area contributed by atoms with E-state index >= 15 is 0 Å². The molecule has 0 amide bonds. The lowest BCUT2D eigenvalue weighted by Gasteiger charge is -2.40. The quantitative estimate of drug-likeness (QED) is 0.669. The molecular formula is C15H21ClN2O3. The molecule has 1 aliphatic heterocycles. The Bertz CT molecular complexity index is 508. The van der Waals surface area contributed by atoms with Gasteiger partial charge in [0.05, 0.1) is 4.92 Å². The number of benzene rings is 1. The molecule has 0 radical (unpaired) electrons. The fourth-order valence-electron chi connectivity index (χ4n) is 2.86. The molecule has 21 heavy (non-hydrogen) atoms. The third-order valence-corrected chi connectivity index (χ3v) is 4.94. The average molecular weight is 313 g/mol. The molecule has 1 aromatic rings. The number of nitrogens with zero attached hydrogens (tertiary/aromatic N) is 2. The first-order valence-corrected chi connectivity index (χ1v) is 7.63. The molecule has 0 aromatic heterocycles. The summed E-state index contributed by atoms with van der Waals surface area (Å²) in [6.45, 7) is 4.86. The Hall–Kier alpha value is -1.17. The zero-order chi connectivity index (χ0) is 15.5. The number of halogens is 1. The second-order valence-corrected chi connectivity index (χ2v) is 6.24. The third kappa shape index (κ3) is 3.73. The Morgan fingerprint density at radius 3 is 2.62 bits per heavy atom. The number of likely N-dealkylation sites (tertiary alicyclic amines) is 1. The smallest absolute Gasteiger partial charge is 0.288 e. The molecule has 5 nitrogen and oxygen atoms in total. The molecule has 1 saturated heterocycles. The van der Waals surface area contributed by atoms with E-state index in [1.54, 1.807) is 12.1 Å². The summed E-state index contributed by atoms with van der Waals surface area (Å²) in [5.74, 6) is 0. The predicted molar refractivity (Wildman–Crippen MR) is 82.4 cm³/mol. The Morgan fingerprint density at radius 2 is 2.10 bits per heavy atom. The van der Waals surface area contributed by atoms with Gasteiger partial charge in [0.25, 0.3) is 5.69 Å². The summed E-state index contributed by atoms with van der Waals surface area (Å²) < 4.78 is 0. The molecule has 1 N–H and O–H groups in total. The van der Waals surface area contributed by atoms with Gasteiger partial charge in [-0.05, 0) is 49.4 Å². The molecule has 1 fully saturated rings. The number of aliphatic hydroxyl groups excluding tert-OH is 1. The molecular weight excluding hydrogens is 292 g/mol. The summed E-state index contributed by atoms with van der Waals surface area (Å²) in [6.07, 6.45) is 2.93. The van der Waals surface area contributed by atoms with Gasteiger partial charge in [0.2, 0.25) is 0 Å². The van der Waals surface area contributed by atoms with Gasteiger partial charge in [-0.2, -0.15) is 0 Å². The number of piperidine rings is 1. The van der Waals surface area contributed by atoms with E-state index in [0.29, 0.717) is 6.54 Å². The Labute approximate surface area is 129 Å². The van der Waals surface area contributed by atoms with Gasteiger partial charge in [0.1, 0.15) is 5.02 Å². The molecule has 116 valence electrons. The Kier molecular flexibility index (Phi) is 5.19. The number of aliphatic hydroxyl groups is 1. The van der Waals surface area contributed by atoms with Crippen LogP contribution in [-0.2, 0) is 6.54 Å². The highest BCUT2D eigenvalue weighted by atomic mass is 35.5. The summed E-state index contributed by atoms with van der Waals surface area (Å²) in [5.41, 5.74) is 0.922. The van der Waals surface area contributed by atoms with Crippen LogP contribution in [0.4, 0.5) is 5.69 Å². The molecule has 1 heterocycles. The summed E-state index contributed by atoms with van der Waals surface area (Å²) in [7, 11) is 0. The second-order valence-electron chi connectivity index (χ2n) is 5.83. The molecule has 6 heteroatoms. The first-order chi connectivity index (χ1) is 9.99. The SMILES string of the molecule is CCC1(CO)CCN(Cc2ccc(Cl)c([N+](=O)[O-])c2)CC1. The van der Waals surface area contributed by atoms with Crippen molar-refractivity contribution in [3.05, 3.63) is 38.9 Å². The molecule has 0 spiro atoms. The largest absolute Gasteiger partial charge is 0.396 e. The lowest BCUT2D eigenvalue weighted by atomic mass is 9.77. The van der Waals surface area contributed by atoms with E-state index in [-0.39, 0.29) is 22.7 Å². The van der Waals surface area contributed by atoms with Gasteiger partial charge in [0, 0.05) is 19.2 Å². The topological polar surface area (TPSA) is 66.6 Å². The van der Waals surface area contributed by atoms with Gasteiger partial charge in [-0.15, -0.1) is 0 Å². The lowest BCUT2D eigenvalue weighted by Crippen LogP contribution is -2.41. The van der Waals surface area contributed by atoms with Crippen LogP contribution in [0.3, 0.4) is 0 Å². The van der Waals surface area contributed by atoms with Crippen molar-refractivity contribution in [3.8, 4) is 0 Å². The maximum atomic E-state index is 10.9. The summed E-state index contributed by atoms with van der Waals surface area (Å²) >= 11 is 5.83. The normalized spacial score (nSPS) is 18.6. The molecule has 0 saturated carbocycles. The van der Waals surface area contributed by atoms with Crippen molar-refractivity contribution in [2.45, 2.75) is 32.7 Å². The minimum atomic E-state index is -0.449. The fourth-order valence-corrected chi connectivity index (χ4v) is 3.05. The number of rotatable bonds is 5. The van der Waals surface area contributed by atoms with E-state index in [4.69, 9.17) is 11.6 Å². The molecule has 0 atom stereocenters. The van der Waals surface area contributed by atoms with Crippen LogP contribution < -0.4 is 0 Å². The summed E-state index contributed by atoms with van der Waals surface area (Å²) in [4.78, 5) is 12.7. The second kappa shape index (κ2) is 6.73. The standard InChI is InChI=1S/C15H21ClN2O3/c1-2-15(11-19)5-7-17(8-6-15)10-12-3-4-13(16)14(9-12)18(20)21/h3-4,9,19H,2,5-8,10-11H2,1H3. The minimum absolute atomic E-state index is 0.0376. The zero-order valence-corrected chi connectivity index (χ0v) is 13.0. The summed E-state index contributed by atoms with van der Waals surface area (Å²) in [6, 6.07) is 4.97. The molecule has 0 unspecified atom stereocenters. The van der Waals surface area contributed by atoms with Crippen molar-refractivity contribution >= 4 is 17.3 Å². The van der Waals surface area contributed by atoms with Crippen LogP contribution in [0, 0.1) is 15.5 Å². The Balaban J connectivity index is 2.01. The first kappa shape index (κ1) is 16.2. The first-order valence-electron chi connectivity index (χ1n) is 7.26. The van der Waals surface area contributed by atoms with Crippen LogP contribution in [0.2, 0.25) is 5.02 Å². The van der Waals surface area contributed by atoms with Crippen LogP contribution in [-0.4, -0.2) is 34.6 Å². The highest BCUT2D eigenvalue weighted by molar-refractivity contribution is 6.32. The summed E-state index contributed by atoms with van der Waals surface area (Å²) in [5, 5.41) is 20.6. The third-order valence-electron chi connectivity index (χ3n) is 4.62. The number of nitro benzene ring substituents is 1. The maximum absolute atomic E-state index is 10.9. The maximum Gasteiger partial charge on any atom is 0.288 e. The molecule has 2 rings (SSSR count). The van der Waals surface area contributed by atoms with Crippen molar-refractivity contribution in [2.75, 3.05) is 19.7 Å². The van der Waals surface area contributed by atoms with E-state index < -0.39 is 4.92 Å². The molecule has 1 aromatic carbocycles. The number of hydrogen-bond acceptors (Lipinski definition) is 4. The van der Waals surface area contributed by atoms with Crippen LogP contribution in [0.15, 0.2) is 18.2 Å². The van der Waals surface area contributed by atoms with E-state index in [0.717, 1.165) is 37.9 Å². The van der Waals surface area contributed by atoms with Gasteiger partial charge in [-0.1, -0.05) is 24.6 Å². The van der Waals surface area contributed by atoms with Crippen LogP contribution >= 0.6 is 11.6 Å². The van der Waals surface area contributed by atoms with Crippen LogP contribution in [0.25, 0.3) is 0 Å². The lowest BCUT2D eigenvalue weighted by molar-refractivity contribution is -0.384. The average Bonchev–Trinajstić information content (AvgIpc) is 2.50. The van der Waals surface area contributed by atoms with Gasteiger partial charge < -0.3 is 5.11 Å². The van der Waals surface area contributed by atoms with Crippen LogP contribution in [0.1, 0.15) is 31.7 Å². The van der Waals surface area contributed by atoms with Crippen molar-refractivity contribution in [1.82, 2.24) is 4.90 Å². The van der Waals surface area contributed by atoms with E-state index in [2.05, 4.69) is 11.8 Å². The van der Waals surface area contributed by atoms with Crippen molar-refractivity contribution in [2.24, 2.45) is 5.41 Å². The molecule has 0 bridgehead atoms.